The van der Waals surface area contributed by atoms with Crippen LogP contribution in [0.2, 0.25) is 5.02 Å². The SMILES string of the molecule is Clc1cccc(Cn2c(Cn3cnc4c(N5CCOCC5)ncnc43)nc3ccccc32)c1. The molecular formula is C24H22ClN7O. The summed E-state index contributed by atoms with van der Waals surface area (Å²) in [5.41, 5.74) is 4.77. The second kappa shape index (κ2) is 8.46. The van der Waals surface area contributed by atoms with Crippen LogP contribution in [-0.2, 0) is 17.8 Å². The van der Waals surface area contributed by atoms with Crippen molar-refractivity contribution in [2.45, 2.75) is 13.1 Å². The van der Waals surface area contributed by atoms with Gasteiger partial charge in [0.05, 0.1) is 37.1 Å². The van der Waals surface area contributed by atoms with Crippen LogP contribution in [0, 0.1) is 0 Å². The predicted molar refractivity (Wildman–Crippen MR) is 128 cm³/mol. The van der Waals surface area contributed by atoms with E-state index >= 15 is 0 Å². The van der Waals surface area contributed by atoms with Gasteiger partial charge >= 0.3 is 0 Å². The van der Waals surface area contributed by atoms with E-state index in [1.54, 1.807) is 6.33 Å². The molecule has 5 aromatic rings. The van der Waals surface area contributed by atoms with Crippen molar-refractivity contribution in [2.24, 2.45) is 0 Å². The third-order valence-corrected chi connectivity index (χ3v) is 6.20. The third-order valence-electron chi connectivity index (χ3n) is 5.97. The molecule has 1 aliphatic heterocycles. The molecule has 4 heterocycles. The number of benzene rings is 2. The Morgan fingerprint density at radius 2 is 1.82 bits per heavy atom. The molecule has 0 aliphatic carbocycles. The van der Waals surface area contributed by atoms with Gasteiger partial charge in [0.25, 0.3) is 0 Å². The molecule has 0 saturated carbocycles. The van der Waals surface area contributed by atoms with Gasteiger partial charge in [-0.1, -0.05) is 35.9 Å². The minimum atomic E-state index is 0.547. The Kier molecular flexibility index (Phi) is 5.16. The molecule has 8 nitrogen and oxygen atoms in total. The second-order valence-corrected chi connectivity index (χ2v) is 8.51. The van der Waals surface area contributed by atoms with E-state index in [-0.39, 0.29) is 0 Å². The molecule has 0 radical (unpaired) electrons. The van der Waals surface area contributed by atoms with E-state index < -0.39 is 0 Å². The molecule has 0 N–H and O–H groups in total. The smallest absolute Gasteiger partial charge is 0.165 e. The molecule has 0 amide bonds. The highest BCUT2D eigenvalue weighted by Gasteiger charge is 2.20. The Morgan fingerprint density at radius 1 is 0.939 bits per heavy atom. The summed E-state index contributed by atoms with van der Waals surface area (Å²) in [5, 5.41) is 0.728. The zero-order valence-corrected chi connectivity index (χ0v) is 18.7. The molecule has 1 fully saturated rings. The lowest BCUT2D eigenvalue weighted by molar-refractivity contribution is 0.122. The Morgan fingerprint density at radius 3 is 2.70 bits per heavy atom. The van der Waals surface area contributed by atoms with E-state index in [4.69, 9.17) is 21.3 Å². The van der Waals surface area contributed by atoms with E-state index in [2.05, 4.69) is 36.6 Å². The Hall–Kier alpha value is -3.49. The first-order valence-electron chi connectivity index (χ1n) is 10.9. The number of ether oxygens (including phenoxy) is 1. The number of fused-ring (bicyclic) bond motifs is 2. The Balaban J connectivity index is 1.40. The number of hydrogen-bond acceptors (Lipinski definition) is 6. The van der Waals surface area contributed by atoms with Gasteiger partial charge in [-0.25, -0.2) is 19.9 Å². The van der Waals surface area contributed by atoms with Gasteiger partial charge in [0.2, 0.25) is 0 Å². The van der Waals surface area contributed by atoms with Crippen LogP contribution < -0.4 is 4.90 Å². The molecule has 6 rings (SSSR count). The Labute approximate surface area is 195 Å². The maximum atomic E-state index is 6.24. The van der Waals surface area contributed by atoms with Crippen molar-refractivity contribution in [1.82, 2.24) is 29.1 Å². The number of para-hydroxylation sites is 2. The number of halogens is 1. The lowest BCUT2D eigenvalue weighted by Crippen LogP contribution is -2.36. The fourth-order valence-electron chi connectivity index (χ4n) is 4.38. The third kappa shape index (κ3) is 3.81. The average Bonchev–Trinajstić information content (AvgIpc) is 3.41. The number of anilines is 1. The number of imidazole rings is 2. The number of rotatable bonds is 5. The predicted octanol–water partition coefficient (Wildman–Crippen LogP) is 3.76. The zero-order valence-electron chi connectivity index (χ0n) is 17.9. The molecule has 1 aliphatic rings. The normalized spacial score (nSPS) is 14.4. The van der Waals surface area contributed by atoms with Gasteiger partial charge in [-0.2, -0.15) is 0 Å². The summed E-state index contributed by atoms with van der Waals surface area (Å²) in [5.74, 6) is 1.79. The zero-order chi connectivity index (χ0) is 22.2. The Bertz CT molecular complexity index is 1440. The van der Waals surface area contributed by atoms with Crippen molar-refractivity contribution in [2.75, 3.05) is 31.2 Å². The molecule has 9 heteroatoms. The minimum absolute atomic E-state index is 0.547. The number of hydrogen-bond donors (Lipinski definition) is 0. The quantitative estimate of drug-likeness (QED) is 0.398. The fourth-order valence-corrected chi connectivity index (χ4v) is 4.60. The van der Waals surface area contributed by atoms with Crippen molar-refractivity contribution >= 4 is 39.6 Å². The lowest BCUT2D eigenvalue weighted by atomic mass is 10.2. The molecule has 0 bridgehead atoms. The minimum Gasteiger partial charge on any atom is -0.378 e. The van der Waals surface area contributed by atoms with Crippen molar-refractivity contribution in [3.05, 3.63) is 77.6 Å². The van der Waals surface area contributed by atoms with Crippen molar-refractivity contribution in [1.29, 1.82) is 0 Å². The van der Waals surface area contributed by atoms with Crippen LogP contribution in [0.3, 0.4) is 0 Å². The summed E-state index contributed by atoms with van der Waals surface area (Å²) in [4.78, 5) is 20.9. The fraction of sp³-hybridized carbons (Fsp3) is 0.250. The summed E-state index contributed by atoms with van der Waals surface area (Å²) in [6, 6.07) is 16.1. The number of morpholine rings is 1. The highest BCUT2D eigenvalue weighted by atomic mass is 35.5. The molecule has 0 unspecified atom stereocenters. The summed E-state index contributed by atoms with van der Waals surface area (Å²) >= 11 is 6.24. The largest absolute Gasteiger partial charge is 0.378 e. The van der Waals surface area contributed by atoms with Gasteiger partial charge in [-0.3, -0.25) is 0 Å². The van der Waals surface area contributed by atoms with E-state index in [1.165, 1.54) is 0 Å². The molecule has 166 valence electrons. The summed E-state index contributed by atoms with van der Waals surface area (Å²) < 4.78 is 9.76. The first kappa shape index (κ1) is 20.1. The molecule has 33 heavy (non-hydrogen) atoms. The molecule has 0 spiro atoms. The molecule has 2 aromatic carbocycles. The van der Waals surface area contributed by atoms with Crippen LogP contribution in [-0.4, -0.2) is 55.4 Å². The monoisotopic (exact) mass is 459 g/mol. The van der Waals surface area contributed by atoms with Gasteiger partial charge < -0.3 is 18.8 Å². The van der Waals surface area contributed by atoms with Crippen LogP contribution in [0.1, 0.15) is 11.4 Å². The number of nitrogens with zero attached hydrogens (tertiary/aromatic N) is 7. The van der Waals surface area contributed by atoms with Gasteiger partial charge in [-0.05, 0) is 29.8 Å². The molecular weight excluding hydrogens is 438 g/mol. The topological polar surface area (TPSA) is 73.9 Å². The highest BCUT2D eigenvalue weighted by molar-refractivity contribution is 6.30. The summed E-state index contributed by atoms with van der Waals surface area (Å²) in [6.45, 7) is 4.21. The van der Waals surface area contributed by atoms with E-state index in [1.807, 2.05) is 47.3 Å². The van der Waals surface area contributed by atoms with E-state index in [0.717, 1.165) is 57.5 Å². The first-order chi connectivity index (χ1) is 16.3. The molecule has 1 saturated heterocycles. The van der Waals surface area contributed by atoms with Crippen LogP contribution in [0.15, 0.2) is 61.2 Å². The van der Waals surface area contributed by atoms with Crippen LogP contribution in [0.4, 0.5) is 5.82 Å². The van der Waals surface area contributed by atoms with Crippen molar-refractivity contribution < 1.29 is 4.74 Å². The second-order valence-electron chi connectivity index (χ2n) is 8.07. The van der Waals surface area contributed by atoms with E-state index in [9.17, 15) is 0 Å². The highest BCUT2D eigenvalue weighted by Crippen LogP contribution is 2.24. The maximum Gasteiger partial charge on any atom is 0.165 e. The van der Waals surface area contributed by atoms with Gasteiger partial charge in [-0.15, -0.1) is 0 Å². The average molecular weight is 460 g/mol. The summed E-state index contributed by atoms with van der Waals surface area (Å²) in [7, 11) is 0. The summed E-state index contributed by atoms with van der Waals surface area (Å²) in [6.07, 6.45) is 3.44. The van der Waals surface area contributed by atoms with E-state index in [0.29, 0.717) is 26.3 Å². The van der Waals surface area contributed by atoms with Gasteiger partial charge in [0, 0.05) is 24.7 Å². The van der Waals surface area contributed by atoms with Crippen molar-refractivity contribution in [3.63, 3.8) is 0 Å². The lowest BCUT2D eigenvalue weighted by Gasteiger charge is -2.27. The molecule has 3 aromatic heterocycles. The first-order valence-corrected chi connectivity index (χ1v) is 11.3. The molecule has 0 atom stereocenters. The standard InChI is InChI=1S/C24H22ClN7O/c25-18-5-3-4-17(12-18)13-32-20-7-2-1-6-19(20)29-21(32)14-31-16-28-22-23(26-15-27-24(22)31)30-8-10-33-11-9-30/h1-7,12,15-16H,8-11,13-14H2. The van der Waals surface area contributed by atoms with Crippen LogP contribution >= 0.6 is 11.6 Å². The van der Waals surface area contributed by atoms with Gasteiger partial charge in [0.15, 0.2) is 17.0 Å². The van der Waals surface area contributed by atoms with Crippen LogP contribution in [0.25, 0.3) is 22.2 Å². The maximum absolute atomic E-state index is 6.24. The van der Waals surface area contributed by atoms with Gasteiger partial charge in [0.1, 0.15) is 12.2 Å². The van der Waals surface area contributed by atoms with Crippen LogP contribution in [0.5, 0.6) is 0 Å². The number of aromatic nitrogens is 6. The van der Waals surface area contributed by atoms with Crippen molar-refractivity contribution in [3.8, 4) is 0 Å².